The molecule has 0 fully saturated rings. The minimum Gasteiger partial charge on any atom is -0.397 e. The molecule has 1 aliphatic rings. The number of rotatable bonds is 3. The summed E-state index contributed by atoms with van der Waals surface area (Å²) in [4.78, 5) is 12.7. The normalized spacial score (nSPS) is 13.5. The smallest absolute Gasteiger partial charge is 0.224 e. The summed E-state index contributed by atoms with van der Waals surface area (Å²) < 4.78 is 0. The molecule has 2 aromatic carbocycles. The molecule has 0 radical (unpaired) electrons. The highest BCUT2D eigenvalue weighted by molar-refractivity contribution is 7.98. The van der Waals surface area contributed by atoms with Crippen LogP contribution in [0.25, 0.3) is 0 Å². The van der Waals surface area contributed by atoms with Crippen LogP contribution in [-0.4, -0.2) is 12.2 Å². The maximum Gasteiger partial charge on any atom is 0.224 e. The predicted molar refractivity (Wildman–Crippen MR) is 89.3 cm³/mol. The molecule has 0 aliphatic carbocycles. The van der Waals surface area contributed by atoms with Gasteiger partial charge < -0.3 is 16.4 Å². The first-order valence-corrected chi connectivity index (χ1v) is 8.02. The Morgan fingerprint density at radius 2 is 2.00 bits per heavy atom. The molecule has 2 aromatic rings. The molecule has 4 nitrogen and oxygen atoms in total. The minimum atomic E-state index is 0.0581. The van der Waals surface area contributed by atoms with Crippen molar-refractivity contribution in [3.63, 3.8) is 0 Å². The molecule has 21 heavy (non-hydrogen) atoms. The Bertz CT molecular complexity index is 700. The predicted octanol–water partition coefficient (Wildman–Crippen LogP) is 3.62. The molecule has 1 aliphatic heterocycles. The number of para-hydroxylation sites is 1. The van der Waals surface area contributed by atoms with Crippen LogP contribution in [0, 0.1) is 0 Å². The van der Waals surface area contributed by atoms with E-state index in [0.717, 1.165) is 33.9 Å². The Labute approximate surface area is 128 Å². The zero-order valence-corrected chi connectivity index (χ0v) is 12.6. The van der Waals surface area contributed by atoms with Crippen LogP contribution in [0.5, 0.6) is 0 Å². The second-order valence-corrected chi connectivity index (χ2v) is 5.82. The number of carbonyl (C=O) groups excluding carboxylic acids is 1. The second kappa shape index (κ2) is 5.69. The van der Waals surface area contributed by atoms with Gasteiger partial charge in [-0.25, -0.2) is 0 Å². The van der Waals surface area contributed by atoms with Gasteiger partial charge in [0.25, 0.3) is 0 Å². The molecule has 4 N–H and O–H groups in total. The van der Waals surface area contributed by atoms with Gasteiger partial charge in [0.15, 0.2) is 0 Å². The van der Waals surface area contributed by atoms with Gasteiger partial charge in [0.05, 0.1) is 17.1 Å². The number of fused-ring (bicyclic) bond motifs is 1. The molecule has 0 bridgehead atoms. The lowest BCUT2D eigenvalue weighted by Crippen LogP contribution is -2.19. The highest BCUT2D eigenvalue weighted by Gasteiger charge is 2.17. The van der Waals surface area contributed by atoms with Crippen LogP contribution < -0.4 is 16.4 Å². The van der Waals surface area contributed by atoms with Crippen LogP contribution in [0.4, 0.5) is 22.7 Å². The summed E-state index contributed by atoms with van der Waals surface area (Å²) in [7, 11) is 0. The first-order chi connectivity index (χ1) is 10.2. The van der Waals surface area contributed by atoms with Crippen molar-refractivity contribution in [2.75, 3.05) is 22.6 Å². The highest BCUT2D eigenvalue weighted by atomic mass is 32.2. The van der Waals surface area contributed by atoms with Crippen molar-refractivity contribution in [2.45, 2.75) is 17.7 Å². The minimum absolute atomic E-state index is 0.0581. The van der Waals surface area contributed by atoms with Gasteiger partial charge in [0, 0.05) is 17.0 Å². The number of thioether (sulfide) groups is 1. The molecule has 0 unspecified atom stereocenters. The fourth-order valence-electron chi connectivity index (χ4n) is 2.45. The zero-order valence-electron chi connectivity index (χ0n) is 11.8. The van der Waals surface area contributed by atoms with Gasteiger partial charge >= 0.3 is 0 Å². The van der Waals surface area contributed by atoms with Crippen molar-refractivity contribution in [2.24, 2.45) is 0 Å². The van der Waals surface area contributed by atoms with Gasteiger partial charge in [-0.3, -0.25) is 4.79 Å². The first-order valence-electron chi connectivity index (χ1n) is 6.79. The van der Waals surface area contributed by atoms with E-state index in [9.17, 15) is 4.79 Å². The van der Waals surface area contributed by atoms with Gasteiger partial charge in [0.1, 0.15) is 0 Å². The summed E-state index contributed by atoms with van der Waals surface area (Å²) in [6.07, 6.45) is 3.30. The van der Waals surface area contributed by atoms with Crippen LogP contribution in [-0.2, 0) is 11.2 Å². The van der Waals surface area contributed by atoms with Gasteiger partial charge in [0.2, 0.25) is 5.91 Å². The summed E-state index contributed by atoms with van der Waals surface area (Å²) in [6.45, 7) is 0. The van der Waals surface area contributed by atoms with Crippen molar-refractivity contribution in [1.29, 1.82) is 0 Å². The lowest BCUT2D eigenvalue weighted by Gasteiger charge is -2.20. The van der Waals surface area contributed by atoms with E-state index in [1.807, 2.05) is 36.6 Å². The number of hydrogen-bond donors (Lipinski definition) is 3. The Morgan fingerprint density at radius 3 is 2.81 bits per heavy atom. The SMILES string of the molecule is CSc1ccccc1Nc1cc2c(cc1N)CCC(=O)N2. The van der Waals surface area contributed by atoms with Gasteiger partial charge in [-0.15, -0.1) is 11.8 Å². The molecule has 5 heteroatoms. The Morgan fingerprint density at radius 1 is 1.19 bits per heavy atom. The molecule has 108 valence electrons. The van der Waals surface area contributed by atoms with E-state index in [4.69, 9.17) is 5.73 Å². The van der Waals surface area contributed by atoms with E-state index in [1.165, 1.54) is 0 Å². The molecular formula is C16H17N3OS. The van der Waals surface area contributed by atoms with E-state index in [0.29, 0.717) is 12.1 Å². The van der Waals surface area contributed by atoms with Gasteiger partial charge in [-0.2, -0.15) is 0 Å². The monoisotopic (exact) mass is 299 g/mol. The average Bonchev–Trinajstić information content (AvgIpc) is 2.49. The summed E-state index contributed by atoms with van der Waals surface area (Å²) >= 11 is 1.68. The van der Waals surface area contributed by atoms with E-state index >= 15 is 0 Å². The van der Waals surface area contributed by atoms with E-state index in [2.05, 4.69) is 16.7 Å². The number of hydrogen-bond acceptors (Lipinski definition) is 4. The Hall–Kier alpha value is -2.14. The topological polar surface area (TPSA) is 67.1 Å². The highest BCUT2D eigenvalue weighted by Crippen LogP contribution is 2.35. The number of anilines is 4. The molecule has 1 heterocycles. The number of nitrogen functional groups attached to an aromatic ring is 1. The third kappa shape index (κ3) is 2.83. The van der Waals surface area contributed by atoms with Crippen LogP contribution >= 0.6 is 11.8 Å². The summed E-state index contributed by atoms with van der Waals surface area (Å²) in [6, 6.07) is 11.9. The van der Waals surface area contributed by atoms with Crippen molar-refractivity contribution in [3.8, 4) is 0 Å². The number of amides is 1. The van der Waals surface area contributed by atoms with E-state index in [-0.39, 0.29) is 5.91 Å². The molecule has 0 saturated heterocycles. The fraction of sp³-hybridized carbons (Fsp3) is 0.188. The van der Waals surface area contributed by atoms with Crippen molar-refractivity contribution < 1.29 is 4.79 Å². The fourth-order valence-corrected chi connectivity index (χ4v) is 3.00. The lowest BCUT2D eigenvalue weighted by molar-refractivity contribution is -0.116. The van der Waals surface area contributed by atoms with Crippen LogP contribution in [0.1, 0.15) is 12.0 Å². The third-order valence-electron chi connectivity index (χ3n) is 3.55. The number of aryl methyl sites for hydroxylation is 1. The number of carbonyl (C=O) groups is 1. The zero-order chi connectivity index (χ0) is 14.8. The first kappa shape index (κ1) is 13.8. The molecule has 3 rings (SSSR count). The number of nitrogens with one attached hydrogen (secondary N) is 2. The molecule has 0 saturated carbocycles. The Balaban J connectivity index is 1.95. The molecule has 1 amide bonds. The molecule has 0 aromatic heterocycles. The second-order valence-electron chi connectivity index (χ2n) is 4.97. The van der Waals surface area contributed by atoms with Gasteiger partial charge in [-0.1, -0.05) is 12.1 Å². The van der Waals surface area contributed by atoms with Crippen LogP contribution in [0.3, 0.4) is 0 Å². The van der Waals surface area contributed by atoms with Crippen molar-refractivity contribution >= 4 is 40.4 Å². The summed E-state index contributed by atoms with van der Waals surface area (Å²) in [5.41, 5.74) is 10.6. The maximum atomic E-state index is 11.5. The van der Waals surface area contributed by atoms with Crippen LogP contribution in [0.2, 0.25) is 0 Å². The molecule has 0 atom stereocenters. The van der Waals surface area contributed by atoms with Gasteiger partial charge in [-0.05, 0) is 42.5 Å². The number of nitrogens with two attached hydrogens (primary N) is 1. The van der Waals surface area contributed by atoms with E-state index < -0.39 is 0 Å². The quantitative estimate of drug-likeness (QED) is 0.598. The standard InChI is InChI=1S/C16H17N3OS/c1-21-15-5-3-2-4-12(15)18-14-9-13-10(8-11(14)17)6-7-16(20)19-13/h2-5,8-9,18H,6-7,17H2,1H3,(H,19,20). The van der Waals surface area contributed by atoms with Crippen LogP contribution in [0.15, 0.2) is 41.3 Å². The van der Waals surface area contributed by atoms with Crippen molar-refractivity contribution in [1.82, 2.24) is 0 Å². The maximum absolute atomic E-state index is 11.5. The largest absolute Gasteiger partial charge is 0.397 e. The lowest BCUT2D eigenvalue weighted by atomic mass is 10.0. The molecule has 0 spiro atoms. The summed E-state index contributed by atoms with van der Waals surface area (Å²) in [5, 5.41) is 6.26. The Kier molecular flexibility index (Phi) is 3.75. The molecular weight excluding hydrogens is 282 g/mol. The average molecular weight is 299 g/mol. The number of benzene rings is 2. The summed E-state index contributed by atoms with van der Waals surface area (Å²) in [5.74, 6) is 0.0581. The van der Waals surface area contributed by atoms with Crippen molar-refractivity contribution in [3.05, 3.63) is 42.0 Å². The third-order valence-corrected chi connectivity index (χ3v) is 4.34. The van der Waals surface area contributed by atoms with E-state index in [1.54, 1.807) is 11.8 Å².